The van der Waals surface area contributed by atoms with E-state index in [-0.39, 0.29) is 24.5 Å². The van der Waals surface area contributed by atoms with Gasteiger partial charge in [0.15, 0.2) is 0 Å². The lowest BCUT2D eigenvalue weighted by Crippen LogP contribution is -2.45. The normalized spacial score (nSPS) is 18.8. The van der Waals surface area contributed by atoms with Gasteiger partial charge in [0.25, 0.3) is 0 Å². The molecule has 17 heavy (non-hydrogen) atoms. The van der Waals surface area contributed by atoms with E-state index in [2.05, 4.69) is 10.1 Å². The first-order valence-corrected chi connectivity index (χ1v) is 5.87. The molecular weight excluding hydrogens is 224 g/mol. The zero-order valence-corrected chi connectivity index (χ0v) is 10.4. The number of hydrogen-bond donors (Lipinski definition) is 1. The fraction of sp³-hybridized carbons (Fsp3) is 0.818. The first-order chi connectivity index (χ1) is 8.17. The molecule has 98 valence electrons. The van der Waals surface area contributed by atoms with E-state index in [1.54, 1.807) is 4.90 Å². The predicted molar refractivity (Wildman–Crippen MR) is 61.6 cm³/mol. The average molecular weight is 244 g/mol. The Kier molecular flexibility index (Phi) is 5.76. The van der Waals surface area contributed by atoms with Crippen molar-refractivity contribution in [2.24, 2.45) is 0 Å². The molecule has 0 radical (unpaired) electrons. The number of carbonyl (C=O) groups is 2. The van der Waals surface area contributed by atoms with E-state index < -0.39 is 0 Å². The first-order valence-electron chi connectivity index (χ1n) is 5.87. The third-order valence-electron chi connectivity index (χ3n) is 2.74. The fourth-order valence-electron chi connectivity index (χ4n) is 1.65. The smallest absolute Gasteiger partial charge is 0.317 e. The van der Waals surface area contributed by atoms with Gasteiger partial charge >= 0.3 is 12.0 Å². The van der Waals surface area contributed by atoms with Crippen LogP contribution in [-0.2, 0) is 14.3 Å². The van der Waals surface area contributed by atoms with Crippen LogP contribution in [0.3, 0.4) is 0 Å². The lowest BCUT2D eigenvalue weighted by atomic mass is 10.3. The van der Waals surface area contributed by atoms with E-state index in [0.717, 1.165) is 6.42 Å². The number of hydrogen-bond acceptors (Lipinski definition) is 4. The second kappa shape index (κ2) is 7.11. The minimum Gasteiger partial charge on any atom is -0.469 e. The number of urea groups is 1. The van der Waals surface area contributed by atoms with Crippen molar-refractivity contribution in [1.82, 2.24) is 10.2 Å². The van der Waals surface area contributed by atoms with Crippen LogP contribution in [0.4, 0.5) is 4.79 Å². The quantitative estimate of drug-likeness (QED) is 0.709. The lowest BCUT2D eigenvalue weighted by molar-refractivity contribution is -0.140. The van der Waals surface area contributed by atoms with Crippen molar-refractivity contribution in [3.05, 3.63) is 0 Å². The SMILES string of the molecule is CCN(CCC(=O)OC)C(=O)NC1CCOC1. The predicted octanol–water partition coefficient (Wildman–Crippen LogP) is 0.370. The topological polar surface area (TPSA) is 67.9 Å². The molecule has 6 heteroatoms. The summed E-state index contributed by atoms with van der Waals surface area (Å²) in [7, 11) is 1.34. The number of methoxy groups -OCH3 is 1. The molecule has 1 unspecified atom stereocenters. The van der Waals surface area contributed by atoms with Crippen LogP contribution >= 0.6 is 0 Å². The van der Waals surface area contributed by atoms with Crippen molar-refractivity contribution in [2.45, 2.75) is 25.8 Å². The maximum atomic E-state index is 11.8. The Morgan fingerprint density at radius 3 is 2.82 bits per heavy atom. The Bertz CT molecular complexity index is 264. The van der Waals surface area contributed by atoms with Gasteiger partial charge in [-0.3, -0.25) is 4.79 Å². The molecule has 0 bridgehead atoms. The summed E-state index contributed by atoms with van der Waals surface area (Å²) in [5.41, 5.74) is 0. The number of amides is 2. The van der Waals surface area contributed by atoms with Crippen molar-refractivity contribution in [2.75, 3.05) is 33.4 Å². The van der Waals surface area contributed by atoms with Crippen LogP contribution in [0.2, 0.25) is 0 Å². The number of carbonyl (C=O) groups excluding carboxylic acids is 2. The van der Waals surface area contributed by atoms with Crippen molar-refractivity contribution in [1.29, 1.82) is 0 Å². The van der Waals surface area contributed by atoms with Gasteiger partial charge < -0.3 is 19.7 Å². The maximum absolute atomic E-state index is 11.8. The summed E-state index contributed by atoms with van der Waals surface area (Å²) in [6, 6.07) is -0.0541. The number of nitrogens with zero attached hydrogens (tertiary/aromatic N) is 1. The van der Waals surface area contributed by atoms with Gasteiger partial charge in [-0.1, -0.05) is 0 Å². The van der Waals surface area contributed by atoms with E-state index in [4.69, 9.17) is 4.74 Å². The molecule has 1 aliphatic heterocycles. The van der Waals surface area contributed by atoms with Gasteiger partial charge in [0.1, 0.15) is 0 Å². The molecule has 2 amide bonds. The summed E-state index contributed by atoms with van der Waals surface area (Å²) in [4.78, 5) is 24.4. The number of ether oxygens (including phenoxy) is 2. The van der Waals surface area contributed by atoms with Gasteiger partial charge in [0, 0.05) is 19.7 Å². The lowest BCUT2D eigenvalue weighted by Gasteiger charge is -2.22. The molecule has 1 atom stereocenters. The molecule has 0 aliphatic carbocycles. The fourth-order valence-corrected chi connectivity index (χ4v) is 1.65. The summed E-state index contributed by atoms with van der Waals surface area (Å²) in [6.45, 7) is 4.08. The monoisotopic (exact) mass is 244 g/mol. The van der Waals surface area contributed by atoms with E-state index in [1.165, 1.54) is 7.11 Å². The molecule has 1 N–H and O–H groups in total. The zero-order chi connectivity index (χ0) is 12.7. The molecule has 1 saturated heterocycles. The summed E-state index contributed by atoms with van der Waals surface area (Å²) in [6.07, 6.45) is 1.07. The van der Waals surface area contributed by atoms with Gasteiger partial charge in [0.05, 0.1) is 26.2 Å². The highest BCUT2D eigenvalue weighted by Crippen LogP contribution is 2.04. The molecular formula is C11H20N2O4. The Morgan fingerprint density at radius 1 is 1.53 bits per heavy atom. The Hall–Kier alpha value is -1.30. The molecule has 0 spiro atoms. The van der Waals surface area contributed by atoms with Gasteiger partial charge in [-0.05, 0) is 13.3 Å². The van der Waals surface area contributed by atoms with E-state index in [1.807, 2.05) is 6.92 Å². The zero-order valence-electron chi connectivity index (χ0n) is 10.4. The minimum absolute atomic E-state index is 0.0923. The summed E-state index contributed by atoms with van der Waals surface area (Å²) in [5, 5.41) is 2.88. The average Bonchev–Trinajstić information content (AvgIpc) is 2.82. The summed E-state index contributed by atoms with van der Waals surface area (Å²) < 4.78 is 9.72. The molecule has 1 fully saturated rings. The van der Waals surface area contributed by atoms with Crippen molar-refractivity contribution in [3.63, 3.8) is 0 Å². The van der Waals surface area contributed by atoms with Crippen molar-refractivity contribution >= 4 is 12.0 Å². The number of esters is 1. The largest absolute Gasteiger partial charge is 0.469 e. The molecule has 0 saturated carbocycles. The second-order valence-electron chi connectivity index (χ2n) is 3.92. The Morgan fingerprint density at radius 2 is 2.29 bits per heavy atom. The molecule has 1 rings (SSSR count). The minimum atomic E-state index is -0.305. The molecule has 1 heterocycles. The highest BCUT2D eigenvalue weighted by Gasteiger charge is 2.20. The van der Waals surface area contributed by atoms with Gasteiger partial charge in [0.2, 0.25) is 0 Å². The van der Waals surface area contributed by atoms with Crippen molar-refractivity contribution in [3.8, 4) is 0 Å². The van der Waals surface area contributed by atoms with E-state index >= 15 is 0 Å². The van der Waals surface area contributed by atoms with Crippen LogP contribution in [0.15, 0.2) is 0 Å². The first kappa shape index (κ1) is 13.8. The third-order valence-corrected chi connectivity index (χ3v) is 2.74. The highest BCUT2D eigenvalue weighted by atomic mass is 16.5. The van der Waals surface area contributed by atoms with Gasteiger partial charge in [-0.2, -0.15) is 0 Å². The van der Waals surface area contributed by atoms with Gasteiger partial charge in [-0.25, -0.2) is 4.79 Å². The van der Waals surface area contributed by atoms with Crippen LogP contribution in [0.25, 0.3) is 0 Å². The van der Waals surface area contributed by atoms with Gasteiger partial charge in [-0.15, -0.1) is 0 Å². The second-order valence-corrected chi connectivity index (χ2v) is 3.92. The standard InChI is InChI=1S/C11H20N2O4/c1-3-13(6-4-10(14)16-2)11(15)12-9-5-7-17-8-9/h9H,3-8H2,1-2H3,(H,12,15). The molecule has 0 aromatic carbocycles. The summed E-state index contributed by atoms with van der Waals surface area (Å²) >= 11 is 0. The van der Waals surface area contributed by atoms with Crippen LogP contribution in [-0.4, -0.2) is 56.4 Å². The molecule has 1 aliphatic rings. The Balaban J connectivity index is 2.32. The third kappa shape index (κ3) is 4.60. The maximum Gasteiger partial charge on any atom is 0.317 e. The number of rotatable bonds is 5. The molecule has 6 nitrogen and oxygen atoms in total. The Labute approximate surface area is 101 Å². The molecule has 0 aromatic heterocycles. The van der Waals surface area contributed by atoms with Crippen LogP contribution < -0.4 is 5.32 Å². The van der Waals surface area contributed by atoms with Crippen LogP contribution in [0.5, 0.6) is 0 Å². The van der Waals surface area contributed by atoms with Crippen LogP contribution in [0.1, 0.15) is 19.8 Å². The highest BCUT2D eigenvalue weighted by molar-refractivity contribution is 5.76. The van der Waals surface area contributed by atoms with Crippen molar-refractivity contribution < 1.29 is 19.1 Å². The van der Waals surface area contributed by atoms with Crippen LogP contribution in [0, 0.1) is 0 Å². The van der Waals surface area contributed by atoms with E-state index in [0.29, 0.717) is 26.3 Å². The summed E-state index contributed by atoms with van der Waals surface area (Å²) in [5.74, 6) is -0.305. The number of nitrogens with one attached hydrogen (secondary N) is 1. The molecule has 0 aromatic rings. The van der Waals surface area contributed by atoms with E-state index in [9.17, 15) is 9.59 Å².